The summed E-state index contributed by atoms with van der Waals surface area (Å²) in [6, 6.07) is 27.6. The second-order valence-electron chi connectivity index (χ2n) is 9.87. The van der Waals surface area contributed by atoms with Crippen LogP contribution in [0, 0.1) is 6.92 Å². The number of amides is 2. The average molecular weight is 570 g/mol. The van der Waals surface area contributed by atoms with Gasteiger partial charge in [-0.3, -0.25) is 14.4 Å². The third-order valence-corrected chi connectivity index (χ3v) is 6.92. The molecule has 0 saturated carbocycles. The zero-order valence-corrected chi connectivity index (χ0v) is 22.6. The van der Waals surface area contributed by atoms with Crippen molar-refractivity contribution < 1.29 is 27.6 Å². The zero-order chi connectivity index (χ0) is 29.9. The number of anilines is 1. The fraction of sp³-hybridized carbons (Fsp3) is 0.152. The molecule has 1 atom stereocenters. The van der Waals surface area contributed by atoms with Crippen molar-refractivity contribution in [1.82, 2.24) is 5.32 Å². The normalized spacial score (nSPS) is 15.0. The summed E-state index contributed by atoms with van der Waals surface area (Å²) in [5, 5.41) is 2.59. The second-order valence-corrected chi connectivity index (χ2v) is 9.87. The quantitative estimate of drug-likeness (QED) is 0.287. The number of benzodiazepines with no additional fused rings is 1. The van der Waals surface area contributed by atoms with Crippen LogP contribution in [0.3, 0.4) is 0 Å². The number of carbonyl (C=O) groups excluding carboxylic acids is 3. The molecule has 4 aromatic rings. The SMILES string of the molecule is Cc1ccccc1C(=O)CN1C(=O)[C@H](NC(=O)Cc2cccc(C(F)(F)F)c2)N=C(c2ccccc2)c2ccccc21. The Balaban J connectivity index is 1.52. The summed E-state index contributed by atoms with van der Waals surface area (Å²) in [5.41, 5.74) is 2.61. The van der Waals surface area contributed by atoms with E-state index in [2.05, 4.69) is 10.3 Å². The van der Waals surface area contributed by atoms with Crippen LogP contribution in [-0.2, 0) is 22.2 Å². The van der Waals surface area contributed by atoms with Gasteiger partial charge < -0.3 is 10.2 Å². The summed E-state index contributed by atoms with van der Waals surface area (Å²) in [6.07, 6.45) is -6.40. The molecule has 0 aliphatic carbocycles. The lowest BCUT2D eigenvalue weighted by atomic mass is 9.99. The van der Waals surface area contributed by atoms with Crippen molar-refractivity contribution in [1.29, 1.82) is 0 Å². The topological polar surface area (TPSA) is 78.8 Å². The summed E-state index contributed by atoms with van der Waals surface area (Å²) in [4.78, 5) is 46.5. The first kappa shape index (κ1) is 28.5. The number of Topliss-reactive ketones (excluding diaryl/α,β-unsaturated/α-hetero) is 1. The third kappa shape index (κ3) is 6.15. The molecular weight excluding hydrogens is 543 g/mol. The molecule has 0 spiro atoms. The molecule has 2 amide bonds. The first-order chi connectivity index (χ1) is 20.1. The largest absolute Gasteiger partial charge is 0.416 e. The van der Waals surface area contributed by atoms with Gasteiger partial charge in [0.2, 0.25) is 12.1 Å². The van der Waals surface area contributed by atoms with Crippen molar-refractivity contribution in [2.24, 2.45) is 4.99 Å². The fourth-order valence-electron chi connectivity index (χ4n) is 4.87. The molecule has 5 rings (SSSR count). The molecule has 1 aliphatic rings. The molecule has 0 aromatic heterocycles. The average Bonchev–Trinajstić information content (AvgIpc) is 3.08. The monoisotopic (exact) mass is 569 g/mol. The Morgan fingerprint density at radius 3 is 2.31 bits per heavy atom. The Bertz CT molecular complexity index is 1680. The predicted molar refractivity (Wildman–Crippen MR) is 153 cm³/mol. The molecule has 1 aliphatic heterocycles. The minimum atomic E-state index is -4.56. The highest BCUT2D eigenvalue weighted by Crippen LogP contribution is 2.30. The number of hydrogen-bond acceptors (Lipinski definition) is 4. The molecule has 42 heavy (non-hydrogen) atoms. The molecule has 0 bridgehead atoms. The van der Waals surface area contributed by atoms with Crippen molar-refractivity contribution in [3.63, 3.8) is 0 Å². The lowest BCUT2D eigenvalue weighted by molar-refractivity contribution is -0.137. The highest BCUT2D eigenvalue weighted by molar-refractivity contribution is 6.21. The Morgan fingerprint density at radius 1 is 0.881 bits per heavy atom. The number of carbonyl (C=O) groups is 3. The highest BCUT2D eigenvalue weighted by Gasteiger charge is 2.35. The number of nitrogens with zero attached hydrogens (tertiary/aromatic N) is 2. The van der Waals surface area contributed by atoms with E-state index in [9.17, 15) is 27.6 Å². The number of ketones is 1. The summed E-state index contributed by atoms with van der Waals surface area (Å²) in [6.45, 7) is 1.50. The molecule has 1 N–H and O–H groups in total. The van der Waals surface area contributed by atoms with Gasteiger partial charge in [-0.05, 0) is 30.2 Å². The van der Waals surface area contributed by atoms with Crippen LogP contribution in [0.25, 0.3) is 0 Å². The Kier molecular flexibility index (Phi) is 8.01. The molecule has 6 nitrogen and oxygen atoms in total. The van der Waals surface area contributed by atoms with E-state index >= 15 is 0 Å². The standard InChI is InChI=1S/C33H26F3N3O3/c1-21-10-5-6-15-25(21)28(40)20-39-27-17-8-7-16-26(27)30(23-12-3-2-4-13-23)38-31(32(39)42)37-29(41)19-22-11-9-14-24(18-22)33(34,35)36/h2-18,31H,19-20H2,1H3,(H,37,41)/t31-/m1/s1. The molecule has 9 heteroatoms. The number of rotatable bonds is 7. The van der Waals surface area contributed by atoms with Crippen LogP contribution in [0.1, 0.15) is 38.2 Å². The Labute approximate surface area is 240 Å². The van der Waals surface area contributed by atoms with Gasteiger partial charge in [-0.2, -0.15) is 13.2 Å². The number of nitrogens with one attached hydrogen (secondary N) is 1. The Hall–Kier alpha value is -5.05. The van der Waals surface area contributed by atoms with Crippen LogP contribution in [0.4, 0.5) is 18.9 Å². The zero-order valence-electron chi connectivity index (χ0n) is 22.6. The van der Waals surface area contributed by atoms with Crippen molar-refractivity contribution in [3.05, 3.63) is 137 Å². The number of hydrogen-bond donors (Lipinski definition) is 1. The van der Waals surface area contributed by atoms with E-state index in [-0.39, 0.29) is 17.9 Å². The van der Waals surface area contributed by atoms with Crippen LogP contribution in [0.5, 0.6) is 0 Å². The van der Waals surface area contributed by atoms with Gasteiger partial charge in [0.05, 0.1) is 29.9 Å². The highest BCUT2D eigenvalue weighted by atomic mass is 19.4. The molecule has 0 unspecified atom stereocenters. The van der Waals surface area contributed by atoms with Gasteiger partial charge in [-0.1, -0.05) is 91.0 Å². The predicted octanol–water partition coefficient (Wildman–Crippen LogP) is 5.77. The number of benzene rings is 4. The smallest absolute Gasteiger partial charge is 0.326 e. The van der Waals surface area contributed by atoms with Crippen molar-refractivity contribution >= 4 is 29.0 Å². The van der Waals surface area contributed by atoms with Crippen molar-refractivity contribution in [3.8, 4) is 0 Å². The molecule has 1 heterocycles. The first-order valence-electron chi connectivity index (χ1n) is 13.2. The Morgan fingerprint density at radius 2 is 1.57 bits per heavy atom. The molecule has 212 valence electrons. The second kappa shape index (κ2) is 11.8. The van der Waals surface area contributed by atoms with Crippen LogP contribution in [0.15, 0.2) is 108 Å². The number of fused-ring (bicyclic) bond motifs is 1. The van der Waals surface area contributed by atoms with Gasteiger partial charge >= 0.3 is 6.18 Å². The van der Waals surface area contributed by atoms with E-state index in [0.717, 1.165) is 17.7 Å². The molecule has 0 fully saturated rings. The van der Waals surface area contributed by atoms with E-state index in [0.29, 0.717) is 28.1 Å². The van der Waals surface area contributed by atoms with E-state index < -0.39 is 36.1 Å². The van der Waals surface area contributed by atoms with Gasteiger partial charge in [-0.15, -0.1) is 0 Å². The molecular formula is C33H26F3N3O3. The number of aryl methyl sites for hydroxylation is 1. The molecule has 4 aromatic carbocycles. The summed E-state index contributed by atoms with van der Waals surface area (Å²) in [5.74, 6) is -1.64. The first-order valence-corrected chi connectivity index (χ1v) is 13.2. The number of alkyl halides is 3. The van der Waals surface area contributed by atoms with E-state index in [1.165, 1.54) is 17.0 Å². The number of aliphatic imine (C=N–C) groups is 1. The van der Waals surface area contributed by atoms with Gasteiger partial charge in [-0.25, -0.2) is 4.99 Å². The maximum absolute atomic E-state index is 14.0. The summed E-state index contributed by atoms with van der Waals surface area (Å²) < 4.78 is 39.6. The van der Waals surface area contributed by atoms with E-state index in [1.54, 1.807) is 49.4 Å². The van der Waals surface area contributed by atoms with Crippen LogP contribution in [-0.4, -0.2) is 36.0 Å². The summed E-state index contributed by atoms with van der Waals surface area (Å²) >= 11 is 0. The molecule has 0 saturated heterocycles. The van der Waals surface area contributed by atoms with Gasteiger partial charge in [0.1, 0.15) is 0 Å². The molecule has 0 radical (unpaired) electrons. The maximum Gasteiger partial charge on any atom is 0.416 e. The minimum absolute atomic E-state index is 0.130. The van der Waals surface area contributed by atoms with Crippen LogP contribution in [0.2, 0.25) is 0 Å². The van der Waals surface area contributed by atoms with Crippen LogP contribution < -0.4 is 10.2 Å². The third-order valence-electron chi connectivity index (χ3n) is 6.92. The number of para-hydroxylation sites is 1. The minimum Gasteiger partial charge on any atom is -0.326 e. The van der Waals surface area contributed by atoms with Crippen LogP contribution >= 0.6 is 0 Å². The maximum atomic E-state index is 14.0. The summed E-state index contributed by atoms with van der Waals surface area (Å²) in [7, 11) is 0. The van der Waals surface area contributed by atoms with Crippen molar-refractivity contribution in [2.45, 2.75) is 25.7 Å². The van der Waals surface area contributed by atoms with E-state index in [1.807, 2.05) is 36.4 Å². The lowest BCUT2D eigenvalue weighted by Crippen LogP contribution is -2.49. The lowest BCUT2D eigenvalue weighted by Gasteiger charge is -2.25. The number of halogens is 3. The van der Waals surface area contributed by atoms with Gasteiger partial charge in [0, 0.05) is 16.7 Å². The van der Waals surface area contributed by atoms with Crippen molar-refractivity contribution in [2.75, 3.05) is 11.4 Å². The fourth-order valence-corrected chi connectivity index (χ4v) is 4.87. The van der Waals surface area contributed by atoms with Gasteiger partial charge in [0.25, 0.3) is 5.91 Å². The van der Waals surface area contributed by atoms with Gasteiger partial charge in [0.15, 0.2) is 5.78 Å². The van der Waals surface area contributed by atoms with E-state index in [4.69, 9.17) is 0 Å².